The summed E-state index contributed by atoms with van der Waals surface area (Å²) in [5.41, 5.74) is 0.794. The average Bonchev–Trinajstić information content (AvgIpc) is 3.24. The number of aromatic nitrogens is 1. The Labute approximate surface area is 174 Å². The van der Waals surface area contributed by atoms with E-state index in [2.05, 4.69) is 26.4 Å². The number of rotatable bonds is 8. The summed E-state index contributed by atoms with van der Waals surface area (Å²) in [6.07, 6.45) is 0.490. The van der Waals surface area contributed by atoms with Gasteiger partial charge in [-0.3, -0.25) is 9.59 Å². The number of hydrogen-bond donors (Lipinski definition) is 1. The molecule has 148 valence electrons. The topological polar surface area (TPSA) is 94.6 Å². The smallest absolute Gasteiger partial charge is 0.315 e. The molecular formula is C19H19BrN2O5S. The number of thioether (sulfide) groups is 1. The van der Waals surface area contributed by atoms with Crippen molar-refractivity contribution >= 4 is 56.4 Å². The van der Waals surface area contributed by atoms with Crippen LogP contribution in [0.2, 0.25) is 0 Å². The Balaban J connectivity index is 1.38. The number of aryl methyl sites for hydroxylation is 1. The van der Waals surface area contributed by atoms with Gasteiger partial charge in [0.25, 0.3) is 0 Å². The summed E-state index contributed by atoms with van der Waals surface area (Å²) in [6, 6.07) is 9.32. The maximum absolute atomic E-state index is 12.1. The lowest BCUT2D eigenvalue weighted by Gasteiger charge is -2.10. The maximum atomic E-state index is 12.1. The average molecular weight is 467 g/mol. The van der Waals surface area contributed by atoms with Crippen LogP contribution in [-0.4, -0.2) is 34.6 Å². The SMILES string of the molecule is Cc1cc(NC(=O)C(C)SCC(=O)OCCc2cc3cc(Br)ccc3o2)no1. The zero-order valence-electron chi connectivity index (χ0n) is 15.4. The standard InChI is InChI=1S/C19H19BrN2O5S/c1-11-7-17(22-27-11)21-19(24)12(2)28-10-18(23)25-6-5-15-9-13-8-14(20)3-4-16(13)26-15/h3-4,7-9,12H,5-6,10H2,1-2H3,(H,21,22,24). The number of anilines is 1. The zero-order valence-corrected chi connectivity index (χ0v) is 17.8. The van der Waals surface area contributed by atoms with Gasteiger partial charge in [-0.05, 0) is 38.1 Å². The first-order valence-corrected chi connectivity index (χ1v) is 10.4. The number of hydrogen-bond acceptors (Lipinski definition) is 7. The first-order valence-electron chi connectivity index (χ1n) is 8.60. The summed E-state index contributed by atoms with van der Waals surface area (Å²) in [6.45, 7) is 3.67. The second-order valence-electron chi connectivity index (χ2n) is 6.13. The molecule has 0 bridgehead atoms. The van der Waals surface area contributed by atoms with Crippen molar-refractivity contribution in [3.8, 4) is 0 Å². The van der Waals surface area contributed by atoms with Crippen LogP contribution in [0.4, 0.5) is 5.82 Å². The molecule has 0 radical (unpaired) electrons. The third-order valence-corrected chi connectivity index (χ3v) is 5.45. The van der Waals surface area contributed by atoms with Gasteiger partial charge in [-0.25, -0.2) is 0 Å². The first kappa shape index (κ1) is 20.5. The van der Waals surface area contributed by atoms with E-state index < -0.39 is 5.25 Å². The Morgan fingerprint density at radius 3 is 2.89 bits per heavy atom. The summed E-state index contributed by atoms with van der Waals surface area (Å²) < 4.78 is 16.8. The molecule has 9 heteroatoms. The van der Waals surface area contributed by atoms with E-state index in [1.54, 1.807) is 19.9 Å². The Morgan fingerprint density at radius 2 is 2.14 bits per heavy atom. The third kappa shape index (κ3) is 5.62. The molecule has 1 amide bonds. The minimum absolute atomic E-state index is 0.0828. The van der Waals surface area contributed by atoms with Crippen molar-refractivity contribution in [1.29, 1.82) is 0 Å². The number of fused-ring (bicyclic) bond motifs is 1. The highest BCUT2D eigenvalue weighted by Crippen LogP contribution is 2.23. The molecule has 28 heavy (non-hydrogen) atoms. The first-order chi connectivity index (χ1) is 13.4. The van der Waals surface area contributed by atoms with Crippen LogP contribution in [-0.2, 0) is 20.7 Å². The molecule has 0 saturated carbocycles. The summed E-state index contributed by atoms with van der Waals surface area (Å²) in [5, 5.41) is 6.90. The van der Waals surface area contributed by atoms with E-state index in [0.717, 1.165) is 21.2 Å². The molecule has 0 saturated heterocycles. The number of halogens is 1. The van der Waals surface area contributed by atoms with Crippen LogP contribution in [0.5, 0.6) is 0 Å². The summed E-state index contributed by atoms with van der Waals surface area (Å²) >= 11 is 4.62. The summed E-state index contributed by atoms with van der Waals surface area (Å²) in [7, 11) is 0. The van der Waals surface area contributed by atoms with E-state index in [-0.39, 0.29) is 24.2 Å². The fraction of sp³-hybridized carbons (Fsp3) is 0.316. The van der Waals surface area contributed by atoms with Crippen molar-refractivity contribution in [2.45, 2.75) is 25.5 Å². The van der Waals surface area contributed by atoms with Crippen molar-refractivity contribution in [1.82, 2.24) is 5.16 Å². The number of carbonyl (C=O) groups excluding carboxylic acids is 2. The highest BCUT2D eigenvalue weighted by atomic mass is 79.9. The molecule has 0 aliphatic rings. The van der Waals surface area contributed by atoms with Crippen molar-refractivity contribution in [3.63, 3.8) is 0 Å². The van der Waals surface area contributed by atoms with Crippen molar-refractivity contribution < 1.29 is 23.3 Å². The summed E-state index contributed by atoms with van der Waals surface area (Å²) in [4.78, 5) is 24.0. The van der Waals surface area contributed by atoms with Crippen LogP contribution < -0.4 is 5.32 Å². The van der Waals surface area contributed by atoms with Gasteiger partial charge in [-0.15, -0.1) is 11.8 Å². The van der Waals surface area contributed by atoms with Gasteiger partial charge in [0.15, 0.2) is 5.82 Å². The van der Waals surface area contributed by atoms with Gasteiger partial charge in [0.2, 0.25) is 5.91 Å². The van der Waals surface area contributed by atoms with E-state index in [9.17, 15) is 9.59 Å². The maximum Gasteiger partial charge on any atom is 0.315 e. The lowest BCUT2D eigenvalue weighted by Crippen LogP contribution is -2.24. The predicted octanol–water partition coefficient (Wildman–Crippen LogP) is 4.34. The lowest BCUT2D eigenvalue weighted by molar-refractivity contribution is -0.140. The Hall–Kier alpha value is -2.26. The Morgan fingerprint density at radius 1 is 1.32 bits per heavy atom. The van der Waals surface area contributed by atoms with Crippen LogP contribution in [0.1, 0.15) is 18.4 Å². The highest BCUT2D eigenvalue weighted by molar-refractivity contribution is 9.10. The van der Waals surface area contributed by atoms with Gasteiger partial charge >= 0.3 is 5.97 Å². The van der Waals surface area contributed by atoms with E-state index in [0.29, 0.717) is 18.0 Å². The highest BCUT2D eigenvalue weighted by Gasteiger charge is 2.17. The molecular weight excluding hydrogens is 448 g/mol. The van der Waals surface area contributed by atoms with E-state index >= 15 is 0 Å². The molecule has 1 N–H and O–H groups in total. The van der Waals surface area contributed by atoms with E-state index in [1.165, 1.54) is 11.8 Å². The second kappa shape index (κ2) is 9.29. The van der Waals surface area contributed by atoms with Gasteiger partial charge < -0.3 is 19.0 Å². The molecule has 2 heterocycles. The van der Waals surface area contributed by atoms with Gasteiger partial charge in [0, 0.05) is 22.3 Å². The molecule has 2 aromatic heterocycles. The van der Waals surface area contributed by atoms with Crippen LogP contribution >= 0.6 is 27.7 Å². The summed E-state index contributed by atoms with van der Waals surface area (Å²) in [5.74, 6) is 1.18. The van der Waals surface area contributed by atoms with E-state index in [4.69, 9.17) is 13.7 Å². The molecule has 0 spiro atoms. The van der Waals surface area contributed by atoms with Crippen LogP contribution in [0.15, 0.2) is 43.7 Å². The van der Waals surface area contributed by atoms with Gasteiger partial charge in [-0.1, -0.05) is 21.1 Å². The molecule has 7 nitrogen and oxygen atoms in total. The van der Waals surface area contributed by atoms with Gasteiger partial charge in [0.1, 0.15) is 17.1 Å². The van der Waals surface area contributed by atoms with E-state index in [1.807, 2.05) is 24.3 Å². The monoisotopic (exact) mass is 466 g/mol. The minimum Gasteiger partial charge on any atom is -0.465 e. The van der Waals surface area contributed by atoms with Gasteiger partial charge in [0.05, 0.1) is 17.6 Å². The molecule has 0 aliphatic carbocycles. The number of benzene rings is 1. The minimum atomic E-state index is -0.432. The number of esters is 1. The number of nitrogens with one attached hydrogen (secondary N) is 1. The lowest BCUT2D eigenvalue weighted by atomic mass is 10.2. The number of ether oxygens (including phenoxy) is 1. The molecule has 0 aliphatic heterocycles. The normalized spacial score (nSPS) is 12.1. The van der Waals surface area contributed by atoms with Crippen molar-refractivity contribution in [2.24, 2.45) is 0 Å². The fourth-order valence-corrected chi connectivity index (χ4v) is 3.48. The van der Waals surface area contributed by atoms with Crippen molar-refractivity contribution in [2.75, 3.05) is 17.7 Å². The number of carbonyl (C=O) groups is 2. The van der Waals surface area contributed by atoms with Crippen LogP contribution in [0.25, 0.3) is 11.0 Å². The molecule has 0 fully saturated rings. The van der Waals surface area contributed by atoms with Crippen LogP contribution in [0, 0.1) is 6.92 Å². The predicted molar refractivity (Wildman–Crippen MR) is 110 cm³/mol. The second-order valence-corrected chi connectivity index (χ2v) is 8.38. The Bertz CT molecular complexity index is 984. The molecule has 1 atom stereocenters. The Kier molecular flexibility index (Phi) is 6.79. The fourth-order valence-electron chi connectivity index (χ4n) is 2.42. The zero-order chi connectivity index (χ0) is 20.1. The number of furan rings is 1. The number of amides is 1. The van der Waals surface area contributed by atoms with Crippen LogP contribution in [0.3, 0.4) is 0 Å². The number of nitrogens with zero attached hydrogens (tertiary/aromatic N) is 1. The molecule has 1 aromatic carbocycles. The molecule has 3 rings (SSSR count). The molecule has 1 unspecified atom stereocenters. The quantitative estimate of drug-likeness (QED) is 0.493. The third-order valence-electron chi connectivity index (χ3n) is 3.84. The van der Waals surface area contributed by atoms with Crippen molar-refractivity contribution in [3.05, 3.63) is 46.3 Å². The largest absolute Gasteiger partial charge is 0.465 e. The molecule has 3 aromatic rings. The van der Waals surface area contributed by atoms with Gasteiger partial charge in [-0.2, -0.15) is 0 Å².